The Morgan fingerprint density at radius 2 is 2.10 bits per heavy atom. The van der Waals surface area contributed by atoms with Crippen LogP contribution >= 0.6 is 0 Å². The van der Waals surface area contributed by atoms with Crippen molar-refractivity contribution >= 4 is 28.9 Å². The second kappa shape index (κ2) is 9.03. The fourth-order valence-electron chi connectivity index (χ4n) is 3.91. The fraction of sp³-hybridized carbons (Fsp3) is 0.737. The summed E-state index contributed by atoms with van der Waals surface area (Å²) in [6.07, 6.45) is 2.80. The van der Waals surface area contributed by atoms with Gasteiger partial charge in [0.15, 0.2) is 22.7 Å². The Labute approximate surface area is 173 Å². The number of esters is 1. The number of carbonyl (C=O) groups is 1. The Bertz CT molecular complexity index is 740. The van der Waals surface area contributed by atoms with Crippen LogP contribution in [0.2, 0.25) is 0 Å². The number of nitrogens with zero attached hydrogens (tertiary/aromatic N) is 4. The van der Waals surface area contributed by atoms with Gasteiger partial charge in [-0.2, -0.15) is 9.54 Å². The quantitative estimate of drug-likeness (QED) is 0.504. The average molecular weight is 426 g/mol. The Kier molecular flexibility index (Phi) is 6.43. The first-order valence-corrected chi connectivity index (χ1v) is 11.5. The minimum Gasteiger partial charge on any atom is -0.459 e. The number of carbonyl (C=O) groups excluding carboxylic acids is 1. The zero-order valence-corrected chi connectivity index (χ0v) is 17.8. The van der Waals surface area contributed by atoms with Crippen molar-refractivity contribution in [2.45, 2.75) is 42.7 Å². The summed E-state index contributed by atoms with van der Waals surface area (Å²) in [7, 11) is 3.62. The lowest BCUT2D eigenvalue weighted by atomic mass is 10.1. The predicted molar refractivity (Wildman–Crippen MR) is 110 cm³/mol. The summed E-state index contributed by atoms with van der Waals surface area (Å²) < 4.78 is 26.4. The molecule has 10 heteroatoms. The monoisotopic (exact) mass is 425 g/mol. The number of aromatic nitrogens is 2. The van der Waals surface area contributed by atoms with Crippen LogP contribution in [0.3, 0.4) is 0 Å². The van der Waals surface area contributed by atoms with Crippen molar-refractivity contribution in [3.8, 4) is 0 Å². The van der Waals surface area contributed by atoms with Crippen molar-refractivity contribution in [2.24, 2.45) is 0 Å². The number of methoxy groups -OCH3 is 1. The molecule has 2 saturated heterocycles. The largest absolute Gasteiger partial charge is 0.459 e. The number of rotatable bonds is 7. The molecule has 0 spiro atoms. The maximum absolute atomic E-state index is 11.8. The lowest BCUT2D eigenvalue weighted by Crippen LogP contribution is -2.54. The summed E-state index contributed by atoms with van der Waals surface area (Å²) in [6.45, 7) is 3.05. The van der Waals surface area contributed by atoms with E-state index in [4.69, 9.17) is 24.2 Å². The molecule has 1 N–H and O–H groups in total. The number of aryl methyl sites for hydroxylation is 1. The Morgan fingerprint density at radius 1 is 1.34 bits per heavy atom. The van der Waals surface area contributed by atoms with Gasteiger partial charge >= 0.3 is 5.97 Å². The summed E-state index contributed by atoms with van der Waals surface area (Å²) in [4.78, 5) is 26.4. The molecule has 0 aliphatic carbocycles. The molecule has 4 heterocycles. The highest BCUT2D eigenvalue weighted by atomic mass is 32.2. The van der Waals surface area contributed by atoms with Crippen LogP contribution in [0.5, 0.6) is 0 Å². The van der Waals surface area contributed by atoms with Gasteiger partial charge in [0.05, 0.1) is 26.1 Å². The third kappa shape index (κ3) is 4.45. The lowest BCUT2D eigenvalue weighted by Gasteiger charge is -2.39. The van der Waals surface area contributed by atoms with E-state index in [2.05, 4.69) is 4.90 Å². The summed E-state index contributed by atoms with van der Waals surface area (Å²) in [5.74, 6) is 1.96. The minimum absolute atomic E-state index is 0.139. The molecule has 0 radical (unpaired) electrons. The summed E-state index contributed by atoms with van der Waals surface area (Å²) in [5, 5.41) is 0. The first-order valence-electron chi connectivity index (χ1n) is 10.1. The van der Waals surface area contributed by atoms with Gasteiger partial charge in [0.25, 0.3) is 4.90 Å². The number of ether oxygens (including phenoxy) is 3. The third-order valence-electron chi connectivity index (χ3n) is 5.69. The molecule has 160 valence electrons. The van der Waals surface area contributed by atoms with E-state index in [1.165, 1.54) is 0 Å². The normalized spacial score (nSPS) is 22.3. The number of fused-ring (bicyclic) bond motifs is 1. The molecule has 1 aromatic rings. The van der Waals surface area contributed by atoms with Crippen molar-refractivity contribution in [1.29, 1.82) is 0 Å². The molecule has 29 heavy (non-hydrogen) atoms. The molecule has 9 nitrogen and oxygen atoms in total. The maximum atomic E-state index is 11.8. The summed E-state index contributed by atoms with van der Waals surface area (Å²) >= 11 is -0.806. The first kappa shape index (κ1) is 20.6. The van der Waals surface area contributed by atoms with E-state index in [0.717, 1.165) is 48.9 Å². The standard InChI is InChI=1S/C19H29N4O5S/c1-22(13-3-8-27-9-4-13)18-17-15(6-10-29(17)25)20-19(21-18)23-11-14(12-23)28-16(24)5-7-26-2/h13-14,25H,3-12H2,1-2H3/q+1. The Morgan fingerprint density at radius 3 is 2.83 bits per heavy atom. The molecule has 4 rings (SSSR count). The zero-order chi connectivity index (χ0) is 20.4. The van der Waals surface area contributed by atoms with E-state index in [1.54, 1.807) is 7.11 Å². The number of hydrogen-bond donors (Lipinski definition) is 1. The molecule has 0 bridgehead atoms. The van der Waals surface area contributed by atoms with Crippen LogP contribution in [-0.2, 0) is 36.6 Å². The third-order valence-corrected chi connectivity index (χ3v) is 7.17. The fourth-order valence-corrected chi connectivity index (χ4v) is 5.32. The van der Waals surface area contributed by atoms with Gasteiger partial charge in [0.1, 0.15) is 11.8 Å². The second-order valence-corrected chi connectivity index (χ2v) is 9.20. The van der Waals surface area contributed by atoms with Gasteiger partial charge in [-0.3, -0.25) is 4.79 Å². The van der Waals surface area contributed by atoms with E-state index in [1.807, 2.05) is 11.9 Å². The molecule has 0 amide bonds. The van der Waals surface area contributed by atoms with Crippen LogP contribution in [-0.4, -0.2) is 85.5 Å². The van der Waals surface area contributed by atoms with Gasteiger partial charge in [-0.15, -0.1) is 0 Å². The van der Waals surface area contributed by atoms with E-state index in [0.29, 0.717) is 37.4 Å². The molecular weight excluding hydrogens is 396 g/mol. The highest BCUT2D eigenvalue weighted by Crippen LogP contribution is 2.36. The van der Waals surface area contributed by atoms with Gasteiger partial charge in [0, 0.05) is 39.8 Å². The van der Waals surface area contributed by atoms with Crippen molar-refractivity contribution < 1.29 is 23.6 Å². The molecule has 0 aromatic carbocycles. The van der Waals surface area contributed by atoms with Crippen molar-refractivity contribution in [3.63, 3.8) is 0 Å². The predicted octanol–water partition coefficient (Wildman–Crippen LogP) is 0.866. The molecule has 0 saturated carbocycles. The highest BCUT2D eigenvalue weighted by Gasteiger charge is 2.42. The summed E-state index contributed by atoms with van der Waals surface area (Å²) in [6, 6.07) is 0.346. The van der Waals surface area contributed by atoms with E-state index in [9.17, 15) is 9.35 Å². The topological polar surface area (TPSA) is 97.3 Å². The Balaban J connectivity index is 1.47. The molecule has 1 unspecified atom stereocenters. The van der Waals surface area contributed by atoms with Crippen molar-refractivity contribution in [2.75, 3.05) is 62.6 Å². The van der Waals surface area contributed by atoms with Crippen molar-refractivity contribution in [1.82, 2.24) is 9.97 Å². The van der Waals surface area contributed by atoms with Crippen LogP contribution in [0.1, 0.15) is 25.0 Å². The highest BCUT2D eigenvalue weighted by molar-refractivity contribution is 7.92. The molecule has 1 aromatic heterocycles. The molecule has 3 aliphatic rings. The maximum Gasteiger partial charge on any atom is 0.308 e. The van der Waals surface area contributed by atoms with Gasteiger partial charge in [0.2, 0.25) is 5.95 Å². The first-order chi connectivity index (χ1) is 14.1. The van der Waals surface area contributed by atoms with E-state index in [-0.39, 0.29) is 18.5 Å². The zero-order valence-electron chi connectivity index (χ0n) is 17.0. The molecule has 1 atom stereocenters. The molecular formula is C19H29N4O5S+. The van der Waals surface area contributed by atoms with Gasteiger partial charge in [-0.05, 0) is 12.8 Å². The average Bonchev–Trinajstić information content (AvgIpc) is 3.09. The number of anilines is 2. The van der Waals surface area contributed by atoms with Crippen LogP contribution in [0.4, 0.5) is 11.8 Å². The van der Waals surface area contributed by atoms with Gasteiger partial charge in [-0.1, -0.05) is 0 Å². The van der Waals surface area contributed by atoms with E-state index < -0.39 is 11.2 Å². The van der Waals surface area contributed by atoms with Crippen molar-refractivity contribution in [3.05, 3.63) is 5.69 Å². The van der Waals surface area contributed by atoms with Crippen LogP contribution in [0.25, 0.3) is 0 Å². The van der Waals surface area contributed by atoms with E-state index >= 15 is 0 Å². The minimum atomic E-state index is -0.806. The van der Waals surface area contributed by atoms with Crippen LogP contribution in [0, 0.1) is 0 Å². The van der Waals surface area contributed by atoms with Crippen LogP contribution < -0.4 is 9.80 Å². The SMILES string of the molecule is COCCC(=O)OC1CN(c2nc3c(c(N(C)C4CCOCC4)n2)[S+](O)CC3)C1. The Hall–Kier alpha value is -1.62. The molecule has 2 fully saturated rings. The summed E-state index contributed by atoms with van der Waals surface area (Å²) in [5.41, 5.74) is 0.940. The van der Waals surface area contributed by atoms with Gasteiger partial charge in [-0.25, -0.2) is 4.98 Å². The smallest absolute Gasteiger partial charge is 0.308 e. The lowest BCUT2D eigenvalue weighted by molar-refractivity contribution is -0.151. The van der Waals surface area contributed by atoms with Crippen LogP contribution in [0.15, 0.2) is 4.90 Å². The number of hydrogen-bond acceptors (Lipinski definition) is 9. The van der Waals surface area contributed by atoms with Gasteiger partial charge < -0.3 is 24.0 Å². The second-order valence-electron chi connectivity index (χ2n) is 7.66. The molecule has 3 aliphatic heterocycles.